The van der Waals surface area contributed by atoms with E-state index < -0.39 is 0 Å². The molecule has 0 fully saturated rings. The van der Waals surface area contributed by atoms with E-state index in [4.69, 9.17) is 14.2 Å². The van der Waals surface area contributed by atoms with Crippen LogP contribution in [-0.4, -0.2) is 26.0 Å². The maximum Gasteiger partial charge on any atom is 0.161 e. The molecule has 0 aliphatic carbocycles. The first-order valence-electron chi connectivity index (χ1n) is 23.8. The van der Waals surface area contributed by atoms with Gasteiger partial charge < -0.3 is 28.9 Å². The van der Waals surface area contributed by atoms with Gasteiger partial charge in [-0.1, -0.05) is 154 Å². The molecule has 0 aromatic heterocycles. The Morgan fingerprint density at radius 2 is 0.797 bits per heavy atom. The van der Waals surface area contributed by atoms with Crippen molar-refractivity contribution in [2.75, 3.05) is 34.9 Å². The Morgan fingerprint density at radius 3 is 1.16 bits per heavy atom. The number of carbonyl (C=O) groups is 1. The van der Waals surface area contributed by atoms with Crippen LogP contribution in [0.1, 0.15) is 61.1 Å². The third-order valence-corrected chi connectivity index (χ3v) is 13.2. The number of Topliss-reactive ketones (excluding diaryl/α,β-unsaturated/α-hetero) is 1. The second-order valence-corrected chi connectivity index (χ2v) is 18.0. The molecule has 0 N–H and O–H groups in total. The number of benzene rings is 9. The molecular formula is C62H61N3O4. The van der Waals surface area contributed by atoms with Gasteiger partial charge in [-0.05, 0) is 118 Å². The smallest absolute Gasteiger partial charge is 0.161 e. The summed E-state index contributed by atoms with van der Waals surface area (Å²) in [7, 11) is 0. The summed E-state index contributed by atoms with van der Waals surface area (Å²) in [5.74, 6) is 3.18. The Bertz CT molecular complexity index is 3200. The van der Waals surface area contributed by atoms with Crippen molar-refractivity contribution in [2.45, 2.75) is 67.1 Å². The summed E-state index contributed by atoms with van der Waals surface area (Å²) in [6.45, 7) is 10.3. The lowest BCUT2D eigenvalue weighted by Gasteiger charge is -2.31. The predicted octanol–water partition coefficient (Wildman–Crippen LogP) is 14.6. The summed E-state index contributed by atoms with van der Waals surface area (Å²) in [6.07, 6.45) is 2.82. The fourth-order valence-corrected chi connectivity index (χ4v) is 9.52. The van der Waals surface area contributed by atoms with Crippen LogP contribution < -0.4 is 28.9 Å². The first-order valence-corrected chi connectivity index (χ1v) is 23.8. The summed E-state index contributed by atoms with van der Waals surface area (Å²) < 4.78 is 17.9. The number of hydrogen-bond acceptors (Lipinski definition) is 7. The Hall–Kier alpha value is -7.77. The Kier molecular flexibility index (Phi) is 14.1. The van der Waals surface area contributed by atoms with Crippen LogP contribution in [0.25, 0.3) is 32.3 Å². The monoisotopic (exact) mass is 911 g/mol. The molecule has 0 bridgehead atoms. The predicted molar refractivity (Wildman–Crippen MR) is 286 cm³/mol. The minimum Gasteiger partial charge on any atom is -0.473 e. The van der Waals surface area contributed by atoms with E-state index in [1.807, 2.05) is 12.1 Å². The van der Waals surface area contributed by atoms with Crippen LogP contribution in [-0.2, 0) is 37.3 Å². The van der Waals surface area contributed by atoms with Crippen LogP contribution in [0.2, 0.25) is 0 Å². The van der Waals surface area contributed by atoms with Crippen molar-refractivity contribution in [3.63, 3.8) is 0 Å². The van der Waals surface area contributed by atoms with Gasteiger partial charge in [0, 0.05) is 40.2 Å². The number of ketones is 1. The molecule has 3 aliphatic heterocycles. The van der Waals surface area contributed by atoms with Crippen molar-refractivity contribution < 1.29 is 19.0 Å². The molecule has 3 heterocycles. The molecule has 0 unspecified atom stereocenters. The number of nitrogens with zero attached hydrogens (tertiary/aromatic N) is 3. The van der Waals surface area contributed by atoms with Gasteiger partial charge >= 0.3 is 0 Å². The number of hydrogen-bond donors (Lipinski definition) is 0. The Balaban J connectivity index is 0.000000128. The molecule has 69 heavy (non-hydrogen) atoms. The van der Waals surface area contributed by atoms with Gasteiger partial charge in [-0.3, -0.25) is 4.79 Å². The van der Waals surface area contributed by atoms with Gasteiger partial charge in [-0.15, -0.1) is 0 Å². The van der Waals surface area contributed by atoms with Gasteiger partial charge in [0.1, 0.15) is 23.0 Å². The Labute approximate surface area is 407 Å². The first kappa shape index (κ1) is 46.3. The van der Waals surface area contributed by atoms with E-state index in [9.17, 15) is 4.79 Å². The highest BCUT2D eigenvalue weighted by molar-refractivity contribution is 5.90. The SMILES string of the molecule is C.CC(=O)Cc1ccc(N2COc3ccc4ccccc4c3C2)cc1.CCCc1ccc(N2COc3ccc4ccccc4c3C2)cc1.Cc1ccc(N2COc3ccc4ccccc4c3C2)cc1. The van der Waals surface area contributed by atoms with Gasteiger partial charge in [-0.25, -0.2) is 0 Å². The average Bonchev–Trinajstić information content (AvgIpc) is 3.39. The third kappa shape index (κ3) is 10.4. The second kappa shape index (κ2) is 21.0. The number of rotatable bonds is 7. The number of carbonyl (C=O) groups excluding carboxylic acids is 1. The van der Waals surface area contributed by atoms with Gasteiger partial charge in [0.25, 0.3) is 0 Å². The lowest BCUT2D eigenvalue weighted by molar-refractivity contribution is -0.116. The van der Waals surface area contributed by atoms with E-state index in [-0.39, 0.29) is 13.2 Å². The largest absolute Gasteiger partial charge is 0.473 e. The molecule has 12 rings (SSSR count). The molecule has 0 saturated carbocycles. The number of anilines is 3. The number of ether oxygens (including phenoxy) is 3. The standard InChI is InChI=1S/C21H19NO2.C21H21NO.C19H17NO.CH4/c1-15(23)12-16-6-9-18(10-7-16)22-13-20-19-5-3-2-4-17(19)8-11-21(20)24-14-22;1-2-5-16-8-11-18(12-9-16)22-14-20-19-7-4-3-6-17(19)10-13-21(20)23-15-22;1-14-6-9-16(10-7-14)20-12-18-17-5-3-2-4-15(17)8-11-19(18)21-13-20;/h2-11H,12-14H2,1H3;3-4,6-13H,2,5,14-15H2,1H3;2-11H,12-13H2,1H3;1H4. The second-order valence-electron chi connectivity index (χ2n) is 18.0. The van der Waals surface area contributed by atoms with Crippen LogP contribution in [0.3, 0.4) is 0 Å². The lowest BCUT2D eigenvalue weighted by Crippen LogP contribution is -2.31. The Morgan fingerprint density at radius 1 is 0.449 bits per heavy atom. The molecule has 0 atom stereocenters. The van der Waals surface area contributed by atoms with Crippen LogP contribution in [0, 0.1) is 6.92 Å². The van der Waals surface area contributed by atoms with Gasteiger partial charge in [0.2, 0.25) is 0 Å². The van der Waals surface area contributed by atoms with Crippen LogP contribution in [0.15, 0.2) is 182 Å². The summed E-state index contributed by atoms with van der Waals surface area (Å²) in [5.41, 5.74) is 11.1. The highest BCUT2D eigenvalue weighted by Gasteiger charge is 2.22. The summed E-state index contributed by atoms with van der Waals surface area (Å²) >= 11 is 0. The fourth-order valence-electron chi connectivity index (χ4n) is 9.52. The molecule has 3 aliphatic rings. The van der Waals surface area contributed by atoms with E-state index in [2.05, 4.69) is 198 Å². The van der Waals surface area contributed by atoms with E-state index in [0.29, 0.717) is 26.6 Å². The molecule has 0 amide bonds. The molecule has 0 radical (unpaired) electrons. The number of aryl methyl sites for hydroxylation is 2. The van der Waals surface area contributed by atoms with Gasteiger partial charge in [-0.2, -0.15) is 0 Å². The molecule has 0 spiro atoms. The van der Waals surface area contributed by atoms with Crippen LogP contribution >= 0.6 is 0 Å². The van der Waals surface area contributed by atoms with Crippen molar-refractivity contribution in [1.29, 1.82) is 0 Å². The zero-order valence-electron chi connectivity index (χ0n) is 39.2. The molecule has 0 saturated heterocycles. The molecule has 7 heteroatoms. The zero-order valence-corrected chi connectivity index (χ0v) is 39.2. The van der Waals surface area contributed by atoms with Gasteiger partial charge in [0.05, 0.1) is 19.6 Å². The average molecular weight is 912 g/mol. The van der Waals surface area contributed by atoms with E-state index in [1.54, 1.807) is 6.92 Å². The van der Waals surface area contributed by atoms with Crippen LogP contribution in [0.5, 0.6) is 17.2 Å². The molecule has 7 nitrogen and oxygen atoms in total. The van der Waals surface area contributed by atoms with E-state index >= 15 is 0 Å². The quantitative estimate of drug-likeness (QED) is 0.158. The maximum atomic E-state index is 11.2. The van der Waals surface area contributed by atoms with Gasteiger partial charge in [0.15, 0.2) is 20.2 Å². The zero-order chi connectivity index (χ0) is 46.4. The van der Waals surface area contributed by atoms with Crippen molar-refractivity contribution in [3.8, 4) is 17.2 Å². The molecule has 9 aromatic carbocycles. The fraction of sp³-hybridized carbons (Fsp3) is 0.210. The molecule has 348 valence electrons. The highest BCUT2D eigenvalue weighted by Crippen LogP contribution is 2.37. The van der Waals surface area contributed by atoms with E-state index in [0.717, 1.165) is 54.6 Å². The topological polar surface area (TPSA) is 54.5 Å². The minimum atomic E-state index is 0. The first-order chi connectivity index (χ1) is 33.4. The normalized spacial score (nSPS) is 13.5. The molecular weight excluding hydrogens is 851 g/mol. The molecule has 9 aromatic rings. The van der Waals surface area contributed by atoms with Crippen molar-refractivity contribution >= 4 is 55.2 Å². The summed E-state index contributed by atoms with van der Waals surface area (Å²) in [5, 5.41) is 7.59. The van der Waals surface area contributed by atoms with Crippen LogP contribution in [0.4, 0.5) is 17.1 Å². The lowest BCUT2D eigenvalue weighted by atomic mass is 10.0. The third-order valence-electron chi connectivity index (χ3n) is 13.2. The van der Waals surface area contributed by atoms with Crippen molar-refractivity contribution in [3.05, 3.63) is 215 Å². The van der Waals surface area contributed by atoms with E-state index in [1.165, 1.54) is 77.9 Å². The van der Waals surface area contributed by atoms with Crippen molar-refractivity contribution in [2.24, 2.45) is 0 Å². The summed E-state index contributed by atoms with van der Waals surface area (Å²) in [4.78, 5) is 18.0. The summed E-state index contributed by atoms with van der Waals surface area (Å²) in [6, 6.07) is 63.8. The minimum absolute atomic E-state index is 0. The number of fused-ring (bicyclic) bond motifs is 9. The highest BCUT2D eigenvalue weighted by atomic mass is 16.5. The maximum absolute atomic E-state index is 11.2. The van der Waals surface area contributed by atoms with Crippen molar-refractivity contribution in [1.82, 2.24) is 0 Å².